The lowest BCUT2D eigenvalue weighted by molar-refractivity contribution is -0.131. The Hall–Kier alpha value is -3.18. The van der Waals surface area contributed by atoms with Crippen LogP contribution in [0.3, 0.4) is 0 Å². The molecule has 1 fully saturated rings. The van der Waals surface area contributed by atoms with Gasteiger partial charge in [-0.3, -0.25) is 4.79 Å². The minimum absolute atomic E-state index is 0.0220. The summed E-state index contributed by atoms with van der Waals surface area (Å²) in [6.45, 7) is 1.23. The van der Waals surface area contributed by atoms with E-state index in [1.807, 2.05) is 22.4 Å². The van der Waals surface area contributed by atoms with Crippen LogP contribution in [0.2, 0.25) is 10.0 Å². The number of nitrogens with zero attached hydrogens (tertiary/aromatic N) is 4. The number of piperidine rings is 1. The first kappa shape index (κ1) is 27.0. The number of carbonyl (C=O) groups is 1. The van der Waals surface area contributed by atoms with Crippen LogP contribution in [0.4, 0.5) is 8.78 Å². The van der Waals surface area contributed by atoms with Crippen molar-refractivity contribution in [2.24, 2.45) is 0 Å². The number of likely N-dealkylation sites (tertiary alicyclic amines) is 1. The molecule has 12 heteroatoms. The van der Waals surface area contributed by atoms with Gasteiger partial charge in [-0.25, -0.2) is 18.7 Å². The maximum Gasteiger partial charge on any atom is 0.228 e. The molecule has 0 aliphatic carbocycles. The number of rotatable bonds is 6. The SMILES string of the molecule is O=C(Cc1csc(-c2ccc(F)cc2F)n1)N1CCC(c2nc(-c3cc(-c4ccc(Cl)c(Cl)c4)no3)cs2)CC1. The minimum atomic E-state index is -0.671. The third-order valence-corrected chi connectivity index (χ3v) is 9.41. The lowest BCUT2D eigenvalue weighted by Gasteiger charge is -2.31. The number of benzene rings is 2. The highest BCUT2D eigenvalue weighted by Crippen LogP contribution is 2.35. The van der Waals surface area contributed by atoms with E-state index in [9.17, 15) is 13.6 Å². The fourth-order valence-electron chi connectivity index (χ4n) is 4.59. The van der Waals surface area contributed by atoms with Crippen LogP contribution >= 0.6 is 45.9 Å². The molecular weight excluding hydrogens is 597 g/mol. The molecule has 0 atom stereocenters. The van der Waals surface area contributed by atoms with Crippen LogP contribution in [-0.2, 0) is 11.2 Å². The van der Waals surface area contributed by atoms with Gasteiger partial charge in [0.15, 0.2) is 5.76 Å². The summed E-state index contributed by atoms with van der Waals surface area (Å²) in [5.74, 6) is -0.523. The van der Waals surface area contributed by atoms with Crippen LogP contribution in [0.5, 0.6) is 0 Å². The smallest absolute Gasteiger partial charge is 0.228 e. The standard InChI is InChI=1S/C28H20Cl2F2N4O2S2/c29-20-4-1-16(9-21(20)30)23-12-25(38-35-23)24-14-40-27(34-24)15-5-7-36(8-6-15)26(37)11-18-13-39-28(33-18)19-3-2-17(31)10-22(19)32/h1-4,9-10,12-15H,5-8,11H2. The van der Waals surface area contributed by atoms with Crippen molar-refractivity contribution in [1.82, 2.24) is 20.0 Å². The number of hydrogen-bond acceptors (Lipinski definition) is 7. The van der Waals surface area contributed by atoms with E-state index in [1.54, 1.807) is 28.8 Å². The van der Waals surface area contributed by atoms with Crippen molar-refractivity contribution >= 4 is 51.8 Å². The van der Waals surface area contributed by atoms with Crippen LogP contribution < -0.4 is 0 Å². The average Bonchev–Trinajstić information content (AvgIpc) is 3.72. The van der Waals surface area contributed by atoms with E-state index < -0.39 is 11.6 Å². The van der Waals surface area contributed by atoms with Gasteiger partial charge in [-0.2, -0.15) is 0 Å². The van der Waals surface area contributed by atoms with Crippen LogP contribution in [0.15, 0.2) is 57.7 Å². The highest BCUT2D eigenvalue weighted by molar-refractivity contribution is 7.13. The first-order chi connectivity index (χ1) is 19.3. The van der Waals surface area contributed by atoms with Gasteiger partial charge in [0.25, 0.3) is 0 Å². The van der Waals surface area contributed by atoms with Gasteiger partial charge in [0.1, 0.15) is 28.0 Å². The Bertz CT molecular complexity index is 1700. The number of carbonyl (C=O) groups excluding carboxylic acids is 1. The van der Waals surface area contributed by atoms with E-state index in [1.165, 1.54) is 23.5 Å². The summed E-state index contributed by atoms with van der Waals surface area (Å²) in [7, 11) is 0. The lowest BCUT2D eigenvalue weighted by Crippen LogP contribution is -2.38. The molecule has 1 amide bonds. The zero-order valence-corrected chi connectivity index (χ0v) is 23.9. The van der Waals surface area contributed by atoms with Gasteiger partial charge in [0.05, 0.1) is 27.2 Å². The van der Waals surface area contributed by atoms with Crippen molar-refractivity contribution in [2.75, 3.05) is 13.1 Å². The molecule has 204 valence electrons. The number of hydrogen-bond donors (Lipinski definition) is 0. The number of halogens is 4. The van der Waals surface area contributed by atoms with E-state index in [0.29, 0.717) is 51.0 Å². The van der Waals surface area contributed by atoms with Gasteiger partial charge in [0, 0.05) is 53.0 Å². The molecule has 5 aromatic rings. The molecule has 0 bridgehead atoms. The zero-order valence-electron chi connectivity index (χ0n) is 20.7. The Balaban J connectivity index is 1.05. The van der Waals surface area contributed by atoms with E-state index in [0.717, 1.165) is 29.5 Å². The highest BCUT2D eigenvalue weighted by atomic mass is 35.5. The molecule has 4 heterocycles. The molecule has 0 saturated carbocycles. The summed E-state index contributed by atoms with van der Waals surface area (Å²) in [5.41, 5.74) is 2.96. The van der Waals surface area contributed by atoms with Crippen molar-refractivity contribution in [3.05, 3.63) is 85.6 Å². The van der Waals surface area contributed by atoms with Crippen LogP contribution in [0.1, 0.15) is 29.5 Å². The van der Waals surface area contributed by atoms with Crippen molar-refractivity contribution in [1.29, 1.82) is 0 Å². The van der Waals surface area contributed by atoms with Crippen molar-refractivity contribution in [3.63, 3.8) is 0 Å². The number of amides is 1. The summed E-state index contributed by atoms with van der Waals surface area (Å²) >= 11 is 14.9. The Kier molecular flexibility index (Phi) is 7.67. The number of aromatic nitrogens is 3. The second-order valence-electron chi connectivity index (χ2n) is 9.38. The molecule has 0 radical (unpaired) electrons. The fraction of sp³-hybridized carbons (Fsp3) is 0.214. The molecule has 40 heavy (non-hydrogen) atoms. The first-order valence-corrected chi connectivity index (χ1v) is 14.9. The Labute approximate surface area is 246 Å². The summed E-state index contributed by atoms with van der Waals surface area (Å²) in [4.78, 5) is 24.0. The van der Waals surface area contributed by atoms with E-state index >= 15 is 0 Å². The van der Waals surface area contributed by atoms with Gasteiger partial charge < -0.3 is 9.42 Å². The second kappa shape index (κ2) is 11.4. The molecule has 0 unspecified atom stereocenters. The average molecular weight is 618 g/mol. The van der Waals surface area contributed by atoms with Crippen LogP contribution in [0, 0.1) is 11.6 Å². The lowest BCUT2D eigenvalue weighted by atomic mass is 9.97. The minimum Gasteiger partial charge on any atom is -0.354 e. The summed E-state index contributed by atoms with van der Waals surface area (Å²) in [5, 5.41) is 10.2. The molecule has 0 spiro atoms. The van der Waals surface area contributed by atoms with E-state index in [-0.39, 0.29) is 23.8 Å². The monoisotopic (exact) mass is 616 g/mol. The Morgan fingerprint density at radius 2 is 1.80 bits per heavy atom. The molecule has 1 saturated heterocycles. The van der Waals surface area contributed by atoms with E-state index in [4.69, 9.17) is 32.7 Å². The molecule has 0 N–H and O–H groups in total. The molecule has 3 aromatic heterocycles. The third-order valence-electron chi connectivity index (χ3n) is 6.74. The Morgan fingerprint density at radius 3 is 2.58 bits per heavy atom. The first-order valence-electron chi connectivity index (χ1n) is 12.4. The van der Waals surface area contributed by atoms with Gasteiger partial charge in [-0.15, -0.1) is 22.7 Å². The molecule has 6 nitrogen and oxygen atoms in total. The summed E-state index contributed by atoms with van der Waals surface area (Å²) in [6.07, 6.45) is 1.73. The molecule has 1 aliphatic rings. The predicted octanol–water partition coefficient (Wildman–Crippen LogP) is 8.12. The molecule has 6 rings (SSSR count). The normalized spacial score (nSPS) is 14.2. The topological polar surface area (TPSA) is 72.1 Å². The highest BCUT2D eigenvalue weighted by Gasteiger charge is 2.27. The van der Waals surface area contributed by atoms with Crippen molar-refractivity contribution < 1.29 is 18.1 Å². The Morgan fingerprint density at radius 1 is 0.975 bits per heavy atom. The van der Waals surface area contributed by atoms with Crippen molar-refractivity contribution in [2.45, 2.75) is 25.2 Å². The summed E-state index contributed by atoms with van der Waals surface area (Å²) in [6, 6.07) is 10.5. The van der Waals surface area contributed by atoms with Gasteiger partial charge in [-0.1, -0.05) is 34.4 Å². The predicted molar refractivity (Wildman–Crippen MR) is 153 cm³/mol. The summed E-state index contributed by atoms with van der Waals surface area (Å²) < 4.78 is 32.9. The van der Waals surface area contributed by atoms with Gasteiger partial charge >= 0.3 is 0 Å². The maximum atomic E-state index is 14.1. The zero-order chi connectivity index (χ0) is 27.8. The maximum absolute atomic E-state index is 14.1. The molecule has 1 aliphatic heterocycles. The van der Waals surface area contributed by atoms with Gasteiger partial charge in [0.2, 0.25) is 5.91 Å². The van der Waals surface area contributed by atoms with Gasteiger partial charge in [-0.05, 0) is 37.1 Å². The van der Waals surface area contributed by atoms with Crippen LogP contribution in [-0.4, -0.2) is 39.0 Å². The fourth-order valence-corrected chi connectivity index (χ4v) is 6.72. The van der Waals surface area contributed by atoms with E-state index in [2.05, 4.69) is 10.1 Å². The largest absolute Gasteiger partial charge is 0.354 e. The third kappa shape index (κ3) is 5.67. The van der Waals surface area contributed by atoms with Crippen molar-refractivity contribution in [3.8, 4) is 33.3 Å². The quantitative estimate of drug-likeness (QED) is 0.193. The second-order valence-corrected chi connectivity index (χ2v) is 11.9. The molecule has 2 aromatic carbocycles. The van der Waals surface area contributed by atoms with Crippen LogP contribution in [0.25, 0.3) is 33.3 Å². The number of thiazole rings is 2. The molecular formula is C28H20Cl2F2N4O2S2.